The topological polar surface area (TPSA) is 69.0 Å². The summed E-state index contributed by atoms with van der Waals surface area (Å²) in [4.78, 5) is 12.4. The van der Waals surface area contributed by atoms with Crippen molar-refractivity contribution in [2.24, 2.45) is 7.05 Å². The summed E-state index contributed by atoms with van der Waals surface area (Å²) in [5.74, 6) is 1.11. The summed E-state index contributed by atoms with van der Waals surface area (Å²) in [7, 11) is 1.72. The molecule has 1 fully saturated rings. The van der Waals surface area contributed by atoms with E-state index in [9.17, 15) is 4.79 Å². The van der Waals surface area contributed by atoms with Crippen LogP contribution in [-0.2, 0) is 7.05 Å². The van der Waals surface area contributed by atoms with Gasteiger partial charge in [0.25, 0.3) is 5.91 Å². The van der Waals surface area contributed by atoms with E-state index in [1.165, 1.54) is 16.4 Å². The molecule has 0 spiro atoms. The Kier molecular flexibility index (Phi) is 4.83. The minimum atomic E-state index is -0.112. The van der Waals surface area contributed by atoms with Crippen LogP contribution >= 0.6 is 0 Å². The lowest BCUT2D eigenvalue weighted by Gasteiger charge is -2.22. The molecule has 1 heterocycles. The molecular formula is C18H24N4O2. The second-order valence-electron chi connectivity index (χ2n) is 6.60. The van der Waals surface area contributed by atoms with Crippen LogP contribution in [0.15, 0.2) is 30.5 Å². The largest absolute Gasteiger partial charge is 0.491 e. The third-order valence-corrected chi connectivity index (χ3v) is 4.46. The van der Waals surface area contributed by atoms with Crippen molar-refractivity contribution in [3.05, 3.63) is 41.7 Å². The molecule has 0 radical (unpaired) electrons. The Labute approximate surface area is 142 Å². The number of ether oxygens (including phenoxy) is 1. The van der Waals surface area contributed by atoms with Crippen LogP contribution in [-0.4, -0.2) is 33.0 Å². The van der Waals surface area contributed by atoms with Gasteiger partial charge in [-0.15, -0.1) is 5.10 Å². The molecule has 2 atom stereocenters. The van der Waals surface area contributed by atoms with Crippen LogP contribution in [0.1, 0.15) is 55.1 Å². The van der Waals surface area contributed by atoms with Crippen molar-refractivity contribution < 1.29 is 9.53 Å². The van der Waals surface area contributed by atoms with Crippen molar-refractivity contribution in [1.82, 2.24) is 20.3 Å². The standard InChI is InChI=1S/C18H24N4O2/c1-12(2)24-14-9-7-13(8-10-14)15-5-4-6-16(15)20-18(23)17-11-19-21-22(17)3/h7-12,15-16H,4-6H2,1-3H3,(H,20,23)/t15-,16-/m1/s1. The Balaban J connectivity index is 1.69. The van der Waals surface area contributed by atoms with E-state index in [1.54, 1.807) is 7.05 Å². The summed E-state index contributed by atoms with van der Waals surface area (Å²) >= 11 is 0. The average Bonchev–Trinajstić information content (AvgIpc) is 3.16. The molecule has 128 valence electrons. The zero-order chi connectivity index (χ0) is 17.1. The normalized spacial score (nSPS) is 20.3. The van der Waals surface area contributed by atoms with Gasteiger partial charge in [0.1, 0.15) is 11.4 Å². The number of carbonyl (C=O) groups is 1. The first kappa shape index (κ1) is 16.5. The van der Waals surface area contributed by atoms with Crippen LogP contribution in [0.3, 0.4) is 0 Å². The highest BCUT2D eigenvalue weighted by Gasteiger charge is 2.30. The predicted molar refractivity (Wildman–Crippen MR) is 91.1 cm³/mol. The van der Waals surface area contributed by atoms with Gasteiger partial charge in [-0.2, -0.15) is 0 Å². The van der Waals surface area contributed by atoms with Crippen molar-refractivity contribution in [2.75, 3.05) is 0 Å². The molecule has 1 aromatic carbocycles. The van der Waals surface area contributed by atoms with Gasteiger partial charge < -0.3 is 10.1 Å². The molecule has 6 nitrogen and oxygen atoms in total. The summed E-state index contributed by atoms with van der Waals surface area (Å²) < 4.78 is 7.20. The number of rotatable bonds is 5. The van der Waals surface area contributed by atoms with E-state index < -0.39 is 0 Å². The summed E-state index contributed by atoms with van der Waals surface area (Å²) in [5, 5.41) is 10.7. The molecule has 1 aromatic heterocycles. The molecule has 1 saturated carbocycles. The highest BCUT2D eigenvalue weighted by atomic mass is 16.5. The quantitative estimate of drug-likeness (QED) is 0.916. The van der Waals surface area contributed by atoms with Gasteiger partial charge in [0, 0.05) is 19.0 Å². The molecule has 0 aliphatic heterocycles. The first-order valence-corrected chi connectivity index (χ1v) is 8.46. The van der Waals surface area contributed by atoms with Crippen LogP contribution in [0.2, 0.25) is 0 Å². The number of carbonyl (C=O) groups excluding carboxylic acids is 1. The van der Waals surface area contributed by atoms with Crippen molar-refractivity contribution in [3.8, 4) is 5.75 Å². The summed E-state index contributed by atoms with van der Waals surface area (Å²) in [5.41, 5.74) is 1.73. The second-order valence-corrected chi connectivity index (χ2v) is 6.60. The van der Waals surface area contributed by atoms with E-state index in [4.69, 9.17) is 4.74 Å². The second kappa shape index (κ2) is 7.03. The summed E-state index contributed by atoms with van der Waals surface area (Å²) in [6.45, 7) is 4.04. The van der Waals surface area contributed by atoms with Crippen molar-refractivity contribution in [2.45, 2.75) is 51.2 Å². The Bertz CT molecular complexity index is 693. The van der Waals surface area contributed by atoms with Gasteiger partial charge in [0.05, 0.1) is 12.3 Å². The number of nitrogens with zero attached hydrogens (tertiary/aromatic N) is 3. The molecule has 2 aromatic rings. The van der Waals surface area contributed by atoms with E-state index in [-0.39, 0.29) is 18.1 Å². The zero-order valence-electron chi connectivity index (χ0n) is 14.4. The molecule has 3 rings (SSSR count). The fraction of sp³-hybridized carbons (Fsp3) is 0.500. The number of aromatic nitrogens is 3. The fourth-order valence-electron chi connectivity index (χ4n) is 3.34. The highest BCUT2D eigenvalue weighted by molar-refractivity contribution is 5.92. The molecule has 0 unspecified atom stereocenters. The van der Waals surface area contributed by atoms with E-state index in [1.807, 2.05) is 26.0 Å². The molecule has 6 heteroatoms. The Morgan fingerprint density at radius 1 is 1.29 bits per heavy atom. The van der Waals surface area contributed by atoms with E-state index >= 15 is 0 Å². The zero-order valence-corrected chi connectivity index (χ0v) is 14.4. The van der Waals surface area contributed by atoms with Gasteiger partial charge in [-0.05, 0) is 44.4 Å². The fourth-order valence-corrected chi connectivity index (χ4v) is 3.34. The van der Waals surface area contributed by atoms with Gasteiger partial charge >= 0.3 is 0 Å². The maximum absolute atomic E-state index is 12.4. The Morgan fingerprint density at radius 2 is 2.04 bits per heavy atom. The molecule has 0 bridgehead atoms. The predicted octanol–water partition coefficient (Wildman–Crippen LogP) is 2.67. The lowest BCUT2D eigenvalue weighted by molar-refractivity contribution is 0.0925. The van der Waals surface area contributed by atoms with Gasteiger partial charge in [-0.25, -0.2) is 4.68 Å². The number of hydrogen-bond donors (Lipinski definition) is 1. The Hall–Kier alpha value is -2.37. The van der Waals surface area contributed by atoms with E-state index in [0.717, 1.165) is 25.0 Å². The van der Waals surface area contributed by atoms with Crippen molar-refractivity contribution in [1.29, 1.82) is 0 Å². The molecule has 24 heavy (non-hydrogen) atoms. The Morgan fingerprint density at radius 3 is 2.67 bits per heavy atom. The number of aryl methyl sites for hydroxylation is 1. The van der Waals surface area contributed by atoms with Crippen molar-refractivity contribution >= 4 is 5.91 Å². The number of benzene rings is 1. The van der Waals surface area contributed by atoms with Gasteiger partial charge in [0.2, 0.25) is 0 Å². The maximum atomic E-state index is 12.4. The number of nitrogens with one attached hydrogen (secondary N) is 1. The third-order valence-electron chi connectivity index (χ3n) is 4.46. The van der Waals surface area contributed by atoms with Crippen molar-refractivity contribution in [3.63, 3.8) is 0 Å². The van der Waals surface area contributed by atoms with E-state index in [0.29, 0.717) is 11.6 Å². The van der Waals surface area contributed by atoms with Crippen LogP contribution < -0.4 is 10.1 Å². The monoisotopic (exact) mass is 328 g/mol. The van der Waals surface area contributed by atoms with Gasteiger partial charge in [0.15, 0.2) is 0 Å². The van der Waals surface area contributed by atoms with Crippen LogP contribution in [0.25, 0.3) is 0 Å². The number of hydrogen-bond acceptors (Lipinski definition) is 4. The first-order valence-electron chi connectivity index (χ1n) is 8.46. The molecule has 1 aliphatic carbocycles. The SMILES string of the molecule is CC(C)Oc1ccc([C@H]2CCC[C@H]2NC(=O)c2cnnn2C)cc1. The van der Waals surface area contributed by atoms with Crippen LogP contribution in [0.4, 0.5) is 0 Å². The number of amides is 1. The van der Waals surface area contributed by atoms with Gasteiger partial charge in [-0.1, -0.05) is 23.8 Å². The van der Waals surface area contributed by atoms with Gasteiger partial charge in [-0.3, -0.25) is 4.79 Å². The first-order chi connectivity index (χ1) is 11.5. The molecule has 1 aliphatic rings. The highest BCUT2D eigenvalue weighted by Crippen LogP contribution is 2.35. The molecule has 1 amide bonds. The lowest BCUT2D eigenvalue weighted by Crippen LogP contribution is -2.37. The summed E-state index contributed by atoms with van der Waals surface area (Å²) in [6, 6.07) is 8.39. The van der Waals surface area contributed by atoms with Crippen LogP contribution in [0.5, 0.6) is 5.75 Å². The molecule has 0 saturated heterocycles. The average molecular weight is 328 g/mol. The van der Waals surface area contributed by atoms with E-state index in [2.05, 4.69) is 27.8 Å². The molecular weight excluding hydrogens is 304 g/mol. The lowest BCUT2D eigenvalue weighted by atomic mass is 9.94. The maximum Gasteiger partial charge on any atom is 0.271 e. The summed E-state index contributed by atoms with van der Waals surface area (Å²) in [6.07, 6.45) is 4.85. The minimum absolute atomic E-state index is 0.112. The molecule has 1 N–H and O–H groups in total. The van der Waals surface area contributed by atoms with Crippen LogP contribution in [0, 0.1) is 0 Å². The third kappa shape index (κ3) is 3.58. The minimum Gasteiger partial charge on any atom is -0.491 e. The smallest absolute Gasteiger partial charge is 0.271 e.